The smallest absolute Gasteiger partial charge is 0.308 e. The fraction of sp³-hybridized carbons (Fsp3) is 0.267. The van der Waals surface area contributed by atoms with E-state index in [-0.39, 0.29) is 5.91 Å². The Morgan fingerprint density at radius 3 is 2.52 bits per heavy atom. The topological polar surface area (TPSA) is 84.2 Å². The van der Waals surface area contributed by atoms with Crippen LogP contribution in [0.1, 0.15) is 24.2 Å². The van der Waals surface area contributed by atoms with Crippen molar-refractivity contribution in [3.05, 3.63) is 48.3 Å². The van der Waals surface area contributed by atoms with E-state index in [1.165, 1.54) is 6.20 Å². The van der Waals surface area contributed by atoms with Gasteiger partial charge in [-0.2, -0.15) is 5.10 Å². The number of para-hydroxylation sites is 1. The normalized spacial score (nSPS) is 13.4. The zero-order valence-electron chi connectivity index (χ0n) is 11.9. The molecule has 0 radical (unpaired) electrons. The van der Waals surface area contributed by atoms with Crippen molar-refractivity contribution in [1.82, 2.24) is 15.1 Å². The largest absolute Gasteiger partial charge is 0.481 e. The minimum atomic E-state index is -0.942. The molecule has 21 heavy (non-hydrogen) atoms. The first-order valence-electron chi connectivity index (χ1n) is 6.63. The van der Waals surface area contributed by atoms with Crippen molar-refractivity contribution < 1.29 is 14.7 Å². The van der Waals surface area contributed by atoms with Crippen molar-refractivity contribution in [3.63, 3.8) is 0 Å². The van der Waals surface area contributed by atoms with Crippen LogP contribution in [0.4, 0.5) is 0 Å². The van der Waals surface area contributed by atoms with Crippen LogP contribution >= 0.6 is 0 Å². The Balaban J connectivity index is 2.08. The summed E-state index contributed by atoms with van der Waals surface area (Å²) in [6.07, 6.45) is 3.07. The van der Waals surface area contributed by atoms with Gasteiger partial charge in [-0.05, 0) is 26.0 Å². The summed E-state index contributed by atoms with van der Waals surface area (Å²) in [4.78, 5) is 22.9. The van der Waals surface area contributed by atoms with Crippen LogP contribution in [-0.4, -0.2) is 32.8 Å². The predicted octanol–water partition coefficient (Wildman–Crippen LogP) is 1.71. The van der Waals surface area contributed by atoms with Crippen LogP contribution in [0.25, 0.3) is 5.69 Å². The molecule has 110 valence electrons. The Morgan fingerprint density at radius 1 is 1.24 bits per heavy atom. The second kappa shape index (κ2) is 6.21. The van der Waals surface area contributed by atoms with Crippen molar-refractivity contribution in [2.45, 2.75) is 19.9 Å². The lowest BCUT2D eigenvalue weighted by molar-refractivity contribution is -0.141. The van der Waals surface area contributed by atoms with Crippen LogP contribution in [0.5, 0.6) is 0 Å². The standard InChI is InChI=1S/C15H17N3O3/c1-10(15(20)21)11(2)17-14(19)12-8-16-18(9-12)13-6-4-3-5-7-13/h3-11H,1-2H3,(H,17,19)(H,20,21). The minimum absolute atomic E-state index is 0.335. The molecule has 0 saturated carbocycles. The zero-order valence-corrected chi connectivity index (χ0v) is 11.9. The quantitative estimate of drug-likeness (QED) is 0.876. The summed E-state index contributed by atoms with van der Waals surface area (Å²) in [6, 6.07) is 8.96. The molecular formula is C15H17N3O3. The molecule has 1 heterocycles. The minimum Gasteiger partial charge on any atom is -0.481 e. The Bertz CT molecular complexity index is 637. The Labute approximate surface area is 122 Å². The number of nitrogens with zero attached hydrogens (tertiary/aromatic N) is 2. The number of carbonyl (C=O) groups is 2. The maximum Gasteiger partial charge on any atom is 0.308 e. The number of aromatic nitrogens is 2. The fourth-order valence-electron chi connectivity index (χ4n) is 1.79. The molecule has 6 nitrogen and oxygen atoms in total. The summed E-state index contributed by atoms with van der Waals surface area (Å²) in [5.41, 5.74) is 1.24. The van der Waals surface area contributed by atoms with Gasteiger partial charge < -0.3 is 10.4 Å². The number of carboxylic acids is 1. The van der Waals surface area contributed by atoms with Gasteiger partial charge >= 0.3 is 5.97 Å². The Morgan fingerprint density at radius 2 is 1.90 bits per heavy atom. The highest BCUT2D eigenvalue weighted by atomic mass is 16.4. The second-order valence-corrected chi connectivity index (χ2v) is 4.90. The third-order valence-electron chi connectivity index (χ3n) is 3.36. The molecule has 2 unspecified atom stereocenters. The summed E-state index contributed by atoms with van der Waals surface area (Å²) in [5.74, 6) is -1.93. The van der Waals surface area contributed by atoms with E-state index in [0.29, 0.717) is 5.56 Å². The third kappa shape index (κ3) is 3.47. The maximum absolute atomic E-state index is 12.1. The number of rotatable bonds is 5. The van der Waals surface area contributed by atoms with Crippen LogP contribution in [0.15, 0.2) is 42.7 Å². The lowest BCUT2D eigenvalue weighted by Crippen LogP contribution is -2.39. The number of hydrogen-bond acceptors (Lipinski definition) is 3. The SMILES string of the molecule is CC(NC(=O)c1cnn(-c2ccccc2)c1)C(C)C(=O)O. The van der Waals surface area contributed by atoms with Crippen LogP contribution in [0, 0.1) is 5.92 Å². The van der Waals surface area contributed by atoms with Crippen molar-refractivity contribution in [2.24, 2.45) is 5.92 Å². The van der Waals surface area contributed by atoms with E-state index in [9.17, 15) is 9.59 Å². The van der Waals surface area contributed by atoms with Gasteiger partial charge in [-0.25, -0.2) is 4.68 Å². The summed E-state index contributed by atoms with van der Waals surface area (Å²) >= 11 is 0. The van der Waals surface area contributed by atoms with E-state index in [0.717, 1.165) is 5.69 Å². The number of carboxylic acid groups (broad SMARTS) is 1. The lowest BCUT2D eigenvalue weighted by atomic mass is 10.0. The third-order valence-corrected chi connectivity index (χ3v) is 3.36. The second-order valence-electron chi connectivity index (χ2n) is 4.90. The summed E-state index contributed by atoms with van der Waals surface area (Å²) in [6.45, 7) is 3.22. The Hall–Kier alpha value is -2.63. The highest BCUT2D eigenvalue weighted by molar-refractivity contribution is 5.94. The van der Waals surface area contributed by atoms with Gasteiger partial charge in [-0.15, -0.1) is 0 Å². The van der Waals surface area contributed by atoms with Crippen molar-refractivity contribution in [3.8, 4) is 5.69 Å². The van der Waals surface area contributed by atoms with Crippen molar-refractivity contribution in [1.29, 1.82) is 0 Å². The molecular weight excluding hydrogens is 270 g/mol. The highest BCUT2D eigenvalue weighted by Gasteiger charge is 2.22. The van der Waals surface area contributed by atoms with Crippen LogP contribution in [-0.2, 0) is 4.79 Å². The van der Waals surface area contributed by atoms with E-state index in [2.05, 4.69) is 10.4 Å². The van der Waals surface area contributed by atoms with Crippen LogP contribution in [0.2, 0.25) is 0 Å². The number of nitrogens with one attached hydrogen (secondary N) is 1. The van der Waals surface area contributed by atoms with Crippen LogP contribution < -0.4 is 5.32 Å². The van der Waals surface area contributed by atoms with E-state index >= 15 is 0 Å². The summed E-state index contributed by atoms with van der Waals surface area (Å²) < 4.78 is 1.60. The first kappa shape index (κ1) is 14.8. The van der Waals surface area contributed by atoms with Crippen LogP contribution in [0.3, 0.4) is 0 Å². The van der Waals surface area contributed by atoms with E-state index < -0.39 is 17.9 Å². The van der Waals surface area contributed by atoms with Crippen molar-refractivity contribution >= 4 is 11.9 Å². The summed E-state index contributed by atoms with van der Waals surface area (Å²) in [7, 11) is 0. The highest BCUT2D eigenvalue weighted by Crippen LogP contribution is 2.09. The van der Waals surface area contributed by atoms with Gasteiger partial charge in [0.15, 0.2) is 0 Å². The first-order chi connectivity index (χ1) is 9.99. The average molecular weight is 287 g/mol. The molecule has 2 N–H and O–H groups in total. The molecule has 6 heteroatoms. The van der Waals surface area contributed by atoms with Gasteiger partial charge in [-0.1, -0.05) is 18.2 Å². The Kier molecular flexibility index (Phi) is 4.37. The van der Waals surface area contributed by atoms with Gasteiger partial charge in [0.1, 0.15) is 0 Å². The zero-order chi connectivity index (χ0) is 15.4. The molecule has 0 bridgehead atoms. The molecule has 0 saturated heterocycles. The van der Waals surface area contributed by atoms with Gasteiger partial charge in [0, 0.05) is 12.2 Å². The monoisotopic (exact) mass is 287 g/mol. The van der Waals surface area contributed by atoms with Gasteiger partial charge in [0.2, 0.25) is 0 Å². The van der Waals surface area contributed by atoms with Gasteiger partial charge in [0.25, 0.3) is 5.91 Å². The molecule has 2 rings (SSSR count). The molecule has 0 aliphatic heterocycles. The van der Waals surface area contributed by atoms with E-state index in [1.54, 1.807) is 24.7 Å². The molecule has 2 atom stereocenters. The summed E-state index contributed by atoms with van der Waals surface area (Å²) in [5, 5.41) is 15.7. The average Bonchev–Trinajstić information content (AvgIpc) is 2.97. The number of hydrogen-bond donors (Lipinski definition) is 2. The van der Waals surface area contributed by atoms with E-state index in [4.69, 9.17) is 5.11 Å². The maximum atomic E-state index is 12.1. The molecule has 1 amide bonds. The molecule has 0 aliphatic carbocycles. The molecule has 0 spiro atoms. The number of amides is 1. The van der Waals surface area contributed by atoms with E-state index in [1.807, 2.05) is 30.3 Å². The number of carbonyl (C=O) groups excluding carboxylic acids is 1. The van der Waals surface area contributed by atoms with Gasteiger partial charge in [0.05, 0.1) is 23.4 Å². The molecule has 2 aromatic rings. The number of aliphatic carboxylic acids is 1. The van der Waals surface area contributed by atoms with Gasteiger partial charge in [-0.3, -0.25) is 9.59 Å². The lowest BCUT2D eigenvalue weighted by Gasteiger charge is -2.17. The molecule has 0 aliphatic rings. The fourth-order valence-corrected chi connectivity index (χ4v) is 1.79. The molecule has 1 aromatic carbocycles. The first-order valence-corrected chi connectivity index (χ1v) is 6.63. The molecule has 1 aromatic heterocycles. The number of benzene rings is 1. The van der Waals surface area contributed by atoms with Crippen molar-refractivity contribution in [2.75, 3.05) is 0 Å². The predicted molar refractivity (Wildman–Crippen MR) is 77.3 cm³/mol. The molecule has 0 fully saturated rings.